The van der Waals surface area contributed by atoms with E-state index in [-0.39, 0.29) is 35.7 Å². The summed E-state index contributed by atoms with van der Waals surface area (Å²) in [6.45, 7) is 8.78. The fraction of sp³-hybridized carbons (Fsp3) is 0.440. The number of hydrogen-bond donors (Lipinski definition) is 4. The molecular formula is C50H57N9O7S. The molecule has 10 rings (SSSR count). The second-order valence-corrected chi connectivity index (χ2v) is 20.0. The van der Waals surface area contributed by atoms with Gasteiger partial charge in [0.05, 0.1) is 66.2 Å². The van der Waals surface area contributed by atoms with Crippen molar-refractivity contribution in [3.8, 4) is 39.5 Å². The summed E-state index contributed by atoms with van der Waals surface area (Å²) in [6, 6.07) is 17.5. The van der Waals surface area contributed by atoms with Crippen LogP contribution >= 0.6 is 11.3 Å². The third kappa shape index (κ3) is 8.31. The lowest BCUT2D eigenvalue weighted by molar-refractivity contribution is -0.136. The number of likely N-dealkylation sites (tertiary alicyclic amines) is 2. The average molecular weight is 928 g/mol. The zero-order valence-corrected chi connectivity index (χ0v) is 39.4. The van der Waals surface area contributed by atoms with Gasteiger partial charge in [-0.1, -0.05) is 39.8 Å². The predicted octanol–water partition coefficient (Wildman–Crippen LogP) is 9.05. The Balaban J connectivity index is 0.946. The van der Waals surface area contributed by atoms with Crippen LogP contribution in [0.5, 0.6) is 5.75 Å². The zero-order valence-electron chi connectivity index (χ0n) is 38.6. The minimum atomic E-state index is -0.716. The van der Waals surface area contributed by atoms with Gasteiger partial charge in [-0.2, -0.15) is 0 Å². The summed E-state index contributed by atoms with van der Waals surface area (Å²) < 4.78 is 19.0. The van der Waals surface area contributed by atoms with Gasteiger partial charge in [0.25, 0.3) is 0 Å². The Morgan fingerprint density at radius 2 is 1.27 bits per heavy atom. The van der Waals surface area contributed by atoms with Crippen molar-refractivity contribution in [3.05, 3.63) is 88.4 Å². The number of imidazole rings is 2. The van der Waals surface area contributed by atoms with Gasteiger partial charge in [-0.15, -0.1) is 11.3 Å². The van der Waals surface area contributed by atoms with E-state index in [1.54, 1.807) is 0 Å². The Hall–Kier alpha value is -6.62. The van der Waals surface area contributed by atoms with Crippen molar-refractivity contribution in [2.75, 3.05) is 27.3 Å². The number of fused-ring (bicyclic) bond motifs is 5. The molecule has 4 amide bonds. The van der Waals surface area contributed by atoms with Crippen LogP contribution in [0.15, 0.2) is 67.0 Å². The SMILES string of the molecule is COC(=O)N[C@H](C(=O)N1CCC[C@H]1c1ncc(-c2ccc3c(c2)OC(c2ccc(C4CC4)s2)n2c-3cc3cc(-c4cnc([C@@H]5CCCN5C(=O)[C@@H](NC(=O)OC)C(C)C)[nH]4)ccc32)[nH]1)C(C)C. The molecule has 6 aromatic rings. The minimum Gasteiger partial charge on any atom is -0.464 e. The number of carbonyl (C=O) groups is 4. The molecule has 0 spiro atoms. The van der Waals surface area contributed by atoms with E-state index >= 15 is 0 Å². The molecule has 4 aromatic heterocycles. The molecule has 17 heteroatoms. The molecular weight excluding hydrogens is 871 g/mol. The number of aromatic nitrogens is 5. The van der Waals surface area contributed by atoms with Crippen LogP contribution < -0.4 is 15.4 Å². The van der Waals surface area contributed by atoms with Crippen LogP contribution in [0, 0.1) is 11.8 Å². The third-order valence-electron chi connectivity index (χ3n) is 13.7. The van der Waals surface area contributed by atoms with Crippen LogP contribution in [-0.4, -0.2) is 97.7 Å². The first-order valence-electron chi connectivity index (χ1n) is 23.4. The number of thiophene rings is 1. The van der Waals surface area contributed by atoms with Gasteiger partial charge in [0.2, 0.25) is 18.0 Å². The summed E-state index contributed by atoms with van der Waals surface area (Å²) in [5.41, 5.74) is 6.60. The molecule has 0 bridgehead atoms. The standard InChI is InChI=1S/C50H57N9O7S/c1-26(2)42(55-49(62)64-5)46(60)57-19-7-9-36(57)44-51-24-33(53-44)29-14-16-35-31(21-29)22-38-32-15-13-30(23-39(32)66-48(59(35)38)41-18-17-40(67-41)28-11-12-28)34-25-52-45(54-34)37-10-8-20-58(37)47(61)43(27(3)4)56-50(63)65-6/h13-18,21-28,36-37,42-43,48H,7-12,19-20H2,1-6H3,(H,51,53)(H,52,54)(H,55,62)(H,56,63)/t36-,37-,42-,43-,48?/m0/s1. The molecule has 2 saturated heterocycles. The number of rotatable bonds is 12. The quantitative estimate of drug-likeness (QED) is 0.0928. The number of benzene rings is 2. The summed E-state index contributed by atoms with van der Waals surface area (Å²) in [7, 11) is 2.59. The number of H-pyrrole nitrogens is 2. The Bertz CT molecular complexity index is 2850. The molecule has 7 heterocycles. The molecule has 16 nitrogen and oxygen atoms in total. The largest absolute Gasteiger partial charge is 0.464 e. The van der Waals surface area contributed by atoms with E-state index in [1.165, 1.54) is 31.9 Å². The molecule has 2 aromatic carbocycles. The van der Waals surface area contributed by atoms with Crippen LogP contribution in [0.4, 0.5) is 9.59 Å². The van der Waals surface area contributed by atoms with Gasteiger partial charge in [-0.3, -0.25) is 14.2 Å². The maximum absolute atomic E-state index is 13.8. The smallest absolute Gasteiger partial charge is 0.407 e. The molecule has 350 valence electrons. The maximum Gasteiger partial charge on any atom is 0.407 e. The van der Waals surface area contributed by atoms with Gasteiger partial charge in [-0.05, 0) is 98.7 Å². The topological polar surface area (TPSA) is 189 Å². The minimum absolute atomic E-state index is 0.125. The number of amides is 4. The van der Waals surface area contributed by atoms with Gasteiger partial charge in [0.15, 0.2) is 0 Å². The first-order chi connectivity index (χ1) is 32.4. The Kier molecular flexibility index (Phi) is 11.8. The van der Waals surface area contributed by atoms with Crippen LogP contribution in [0.3, 0.4) is 0 Å². The van der Waals surface area contributed by atoms with Crippen molar-refractivity contribution in [2.24, 2.45) is 11.8 Å². The monoisotopic (exact) mass is 927 g/mol. The van der Waals surface area contributed by atoms with E-state index in [0.29, 0.717) is 30.7 Å². The van der Waals surface area contributed by atoms with Crippen LogP contribution in [-0.2, 0) is 19.1 Å². The number of hydrogen-bond acceptors (Lipinski definition) is 10. The molecule has 4 N–H and O–H groups in total. The third-order valence-corrected chi connectivity index (χ3v) is 15.0. The zero-order chi connectivity index (χ0) is 46.7. The van der Waals surface area contributed by atoms with E-state index in [2.05, 4.69) is 79.8 Å². The van der Waals surface area contributed by atoms with Crippen molar-refractivity contribution in [1.29, 1.82) is 0 Å². The lowest BCUT2D eigenvalue weighted by Crippen LogP contribution is -2.51. The first-order valence-corrected chi connectivity index (χ1v) is 24.2. The highest BCUT2D eigenvalue weighted by atomic mass is 32.1. The van der Waals surface area contributed by atoms with Crippen molar-refractivity contribution in [2.45, 2.75) is 103 Å². The summed E-state index contributed by atoms with van der Waals surface area (Å²) in [4.78, 5) is 74.7. The molecule has 67 heavy (non-hydrogen) atoms. The van der Waals surface area contributed by atoms with Crippen molar-refractivity contribution < 1.29 is 33.4 Å². The van der Waals surface area contributed by atoms with Gasteiger partial charge in [0.1, 0.15) is 29.5 Å². The van der Waals surface area contributed by atoms with Crippen molar-refractivity contribution >= 4 is 46.2 Å². The summed E-state index contributed by atoms with van der Waals surface area (Å²) in [5.74, 6) is 2.24. The number of carbonyl (C=O) groups excluding carboxylic acids is 4. The number of nitrogens with one attached hydrogen (secondary N) is 4. The van der Waals surface area contributed by atoms with Gasteiger partial charge in [-0.25, -0.2) is 19.6 Å². The van der Waals surface area contributed by atoms with E-state index in [4.69, 9.17) is 24.2 Å². The second-order valence-electron chi connectivity index (χ2n) is 18.8. The Morgan fingerprint density at radius 1 is 0.716 bits per heavy atom. The fourth-order valence-electron chi connectivity index (χ4n) is 10.0. The molecule has 3 aliphatic heterocycles. The highest BCUT2D eigenvalue weighted by Gasteiger charge is 2.40. The molecule has 3 fully saturated rings. The normalized spacial score (nSPS) is 19.9. The molecule has 4 aliphatic rings. The predicted molar refractivity (Wildman–Crippen MR) is 253 cm³/mol. The molecule has 5 atom stereocenters. The summed E-state index contributed by atoms with van der Waals surface area (Å²) in [5, 5.41) is 6.50. The van der Waals surface area contributed by atoms with E-state index in [9.17, 15) is 19.2 Å². The van der Waals surface area contributed by atoms with E-state index in [0.717, 1.165) is 81.0 Å². The number of ether oxygens (including phenoxy) is 3. The number of alkyl carbamates (subject to hydrolysis) is 2. The number of aromatic amines is 2. The van der Waals surface area contributed by atoms with Crippen LogP contribution in [0.2, 0.25) is 0 Å². The summed E-state index contributed by atoms with van der Waals surface area (Å²) in [6.07, 6.45) is 7.61. The van der Waals surface area contributed by atoms with Crippen molar-refractivity contribution in [1.82, 2.24) is 44.9 Å². The van der Waals surface area contributed by atoms with Gasteiger partial charge < -0.3 is 44.6 Å². The Morgan fingerprint density at radius 3 is 1.82 bits per heavy atom. The molecule has 1 saturated carbocycles. The molecule has 1 unspecified atom stereocenters. The Labute approximate surface area is 392 Å². The lowest BCUT2D eigenvalue weighted by atomic mass is 10.0. The maximum atomic E-state index is 13.8. The van der Waals surface area contributed by atoms with Gasteiger partial charge in [0, 0.05) is 40.0 Å². The van der Waals surface area contributed by atoms with E-state index in [1.807, 2.05) is 61.2 Å². The van der Waals surface area contributed by atoms with Crippen molar-refractivity contribution in [3.63, 3.8) is 0 Å². The molecule has 1 aliphatic carbocycles. The average Bonchev–Trinajstić information content (AvgIpc) is 4.05. The summed E-state index contributed by atoms with van der Waals surface area (Å²) >= 11 is 1.82. The number of nitrogens with zero attached hydrogens (tertiary/aromatic N) is 5. The fourth-order valence-corrected chi connectivity index (χ4v) is 11.2. The highest BCUT2D eigenvalue weighted by Crippen LogP contribution is 2.49. The van der Waals surface area contributed by atoms with Crippen LogP contribution in [0.1, 0.15) is 112 Å². The van der Waals surface area contributed by atoms with E-state index < -0.39 is 30.5 Å². The number of methoxy groups -OCH3 is 2. The first kappa shape index (κ1) is 44.2. The van der Waals surface area contributed by atoms with Gasteiger partial charge >= 0.3 is 12.2 Å². The molecule has 0 radical (unpaired) electrons. The second kappa shape index (κ2) is 17.9. The van der Waals surface area contributed by atoms with Crippen LogP contribution in [0.25, 0.3) is 44.7 Å². The highest BCUT2D eigenvalue weighted by molar-refractivity contribution is 7.12. The lowest BCUT2D eigenvalue weighted by Gasteiger charge is -2.30.